The number of hydrogen-bond acceptors (Lipinski definition) is 3. The third-order valence-electron chi connectivity index (χ3n) is 4.39. The molecule has 0 saturated carbocycles. The standard InChI is InChI=1S/C19H18FN3O/c1-23-7-6-14-8-12(4-5-17(14)19(23)24)13-2-3-15(18(20)10-13)9-16(22)11-21/h2-5,8,10,16H,6-7,9,22H2,1H3. The van der Waals surface area contributed by atoms with Gasteiger partial charge in [-0.3, -0.25) is 4.79 Å². The topological polar surface area (TPSA) is 70.1 Å². The number of rotatable bonds is 3. The molecule has 5 heteroatoms. The summed E-state index contributed by atoms with van der Waals surface area (Å²) in [6, 6.07) is 11.7. The molecule has 0 spiro atoms. The highest BCUT2D eigenvalue weighted by molar-refractivity contribution is 5.97. The van der Waals surface area contributed by atoms with Gasteiger partial charge in [-0.2, -0.15) is 5.26 Å². The second kappa shape index (κ2) is 6.42. The monoisotopic (exact) mass is 323 g/mol. The first kappa shape index (κ1) is 16.2. The fourth-order valence-electron chi connectivity index (χ4n) is 2.96. The largest absolute Gasteiger partial charge is 0.341 e. The Morgan fingerprint density at radius 3 is 2.71 bits per heavy atom. The molecule has 24 heavy (non-hydrogen) atoms. The van der Waals surface area contributed by atoms with E-state index >= 15 is 0 Å². The minimum Gasteiger partial charge on any atom is -0.341 e. The van der Waals surface area contributed by atoms with Crippen LogP contribution in [-0.2, 0) is 12.8 Å². The maximum atomic E-state index is 14.3. The van der Waals surface area contributed by atoms with Crippen LogP contribution >= 0.6 is 0 Å². The fourth-order valence-corrected chi connectivity index (χ4v) is 2.96. The average Bonchev–Trinajstić information content (AvgIpc) is 2.59. The summed E-state index contributed by atoms with van der Waals surface area (Å²) >= 11 is 0. The number of nitrogens with zero attached hydrogens (tertiary/aromatic N) is 2. The molecule has 0 radical (unpaired) electrons. The van der Waals surface area contributed by atoms with E-state index in [1.807, 2.05) is 24.3 Å². The summed E-state index contributed by atoms with van der Waals surface area (Å²) in [7, 11) is 1.79. The SMILES string of the molecule is CN1CCc2cc(-c3ccc(CC(N)C#N)c(F)c3)ccc2C1=O. The maximum Gasteiger partial charge on any atom is 0.253 e. The van der Waals surface area contributed by atoms with Crippen LogP contribution < -0.4 is 5.73 Å². The van der Waals surface area contributed by atoms with Crippen LogP contribution in [0.25, 0.3) is 11.1 Å². The number of hydrogen-bond donors (Lipinski definition) is 1. The predicted octanol–water partition coefficient (Wildman–Crippen LogP) is 2.51. The van der Waals surface area contributed by atoms with Crippen molar-refractivity contribution in [1.29, 1.82) is 5.26 Å². The van der Waals surface area contributed by atoms with Gasteiger partial charge in [0.2, 0.25) is 0 Å². The van der Waals surface area contributed by atoms with Gasteiger partial charge in [0.25, 0.3) is 5.91 Å². The highest BCUT2D eigenvalue weighted by Crippen LogP contribution is 2.27. The maximum absolute atomic E-state index is 14.3. The normalized spacial score (nSPS) is 14.9. The fraction of sp³-hybridized carbons (Fsp3) is 0.263. The number of fused-ring (bicyclic) bond motifs is 1. The third kappa shape index (κ3) is 3.01. The van der Waals surface area contributed by atoms with E-state index in [1.54, 1.807) is 24.1 Å². The molecule has 1 heterocycles. The Kier molecular flexibility index (Phi) is 4.32. The number of carbonyl (C=O) groups excluding carboxylic acids is 1. The third-order valence-corrected chi connectivity index (χ3v) is 4.39. The second-order valence-electron chi connectivity index (χ2n) is 6.09. The average molecular weight is 323 g/mol. The zero-order valence-corrected chi connectivity index (χ0v) is 13.4. The first-order chi connectivity index (χ1) is 11.5. The van der Waals surface area contributed by atoms with Gasteiger partial charge >= 0.3 is 0 Å². The quantitative estimate of drug-likeness (QED) is 0.943. The van der Waals surface area contributed by atoms with Crippen LogP contribution in [-0.4, -0.2) is 30.4 Å². The Hall–Kier alpha value is -2.71. The lowest BCUT2D eigenvalue weighted by Gasteiger charge is -2.25. The summed E-state index contributed by atoms with van der Waals surface area (Å²) < 4.78 is 14.3. The van der Waals surface area contributed by atoms with E-state index in [-0.39, 0.29) is 18.1 Å². The molecule has 0 aliphatic carbocycles. The molecule has 1 aliphatic heterocycles. The van der Waals surface area contributed by atoms with E-state index in [1.165, 1.54) is 6.07 Å². The summed E-state index contributed by atoms with van der Waals surface area (Å²) in [6.45, 7) is 0.689. The first-order valence-electron chi connectivity index (χ1n) is 7.82. The van der Waals surface area contributed by atoms with Crippen molar-refractivity contribution >= 4 is 5.91 Å². The number of nitrogens with two attached hydrogens (primary N) is 1. The zero-order chi connectivity index (χ0) is 17.3. The van der Waals surface area contributed by atoms with Crippen molar-refractivity contribution in [1.82, 2.24) is 4.90 Å². The first-order valence-corrected chi connectivity index (χ1v) is 7.82. The molecule has 1 amide bonds. The van der Waals surface area contributed by atoms with Crippen LogP contribution in [0.2, 0.25) is 0 Å². The van der Waals surface area contributed by atoms with E-state index < -0.39 is 6.04 Å². The van der Waals surface area contributed by atoms with E-state index in [9.17, 15) is 9.18 Å². The van der Waals surface area contributed by atoms with Gasteiger partial charge in [-0.15, -0.1) is 0 Å². The van der Waals surface area contributed by atoms with Crippen molar-refractivity contribution < 1.29 is 9.18 Å². The van der Waals surface area contributed by atoms with Crippen LogP contribution in [0.15, 0.2) is 36.4 Å². The Bertz CT molecular complexity index is 841. The molecule has 2 aromatic carbocycles. The minimum atomic E-state index is -0.711. The molecule has 0 bridgehead atoms. The summed E-state index contributed by atoms with van der Waals surface area (Å²) in [4.78, 5) is 13.8. The van der Waals surface area contributed by atoms with E-state index in [2.05, 4.69) is 0 Å². The molecule has 1 aliphatic rings. The van der Waals surface area contributed by atoms with Gasteiger partial charge in [0.15, 0.2) is 0 Å². The Morgan fingerprint density at radius 1 is 1.29 bits per heavy atom. The molecule has 3 rings (SSSR count). The summed E-state index contributed by atoms with van der Waals surface area (Å²) in [5, 5.41) is 8.74. The van der Waals surface area contributed by atoms with Crippen molar-refractivity contribution in [2.24, 2.45) is 5.73 Å². The summed E-state index contributed by atoms with van der Waals surface area (Å²) in [6.07, 6.45) is 0.983. The van der Waals surface area contributed by atoms with Gasteiger partial charge in [0, 0.05) is 25.6 Å². The lowest BCUT2D eigenvalue weighted by Crippen LogP contribution is -2.34. The van der Waals surface area contributed by atoms with Gasteiger partial charge in [0.1, 0.15) is 5.82 Å². The molecule has 4 nitrogen and oxygen atoms in total. The lowest BCUT2D eigenvalue weighted by molar-refractivity contribution is 0.0781. The van der Waals surface area contributed by atoms with Crippen LogP contribution in [0.5, 0.6) is 0 Å². The molecular formula is C19H18FN3O. The Labute approximate surface area is 140 Å². The van der Waals surface area contributed by atoms with Crippen molar-refractivity contribution in [2.45, 2.75) is 18.9 Å². The van der Waals surface area contributed by atoms with Gasteiger partial charge in [0.05, 0.1) is 12.1 Å². The number of halogens is 1. The zero-order valence-electron chi connectivity index (χ0n) is 13.4. The molecule has 1 unspecified atom stereocenters. The molecule has 1 atom stereocenters. The van der Waals surface area contributed by atoms with Crippen LogP contribution in [0.3, 0.4) is 0 Å². The lowest BCUT2D eigenvalue weighted by atomic mass is 9.93. The van der Waals surface area contributed by atoms with Crippen molar-refractivity contribution in [3.63, 3.8) is 0 Å². The highest BCUT2D eigenvalue weighted by atomic mass is 19.1. The number of likely N-dealkylation sites (N-methyl/N-ethyl adjacent to an activating group) is 1. The van der Waals surface area contributed by atoms with Gasteiger partial charge in [-0.25, -0.2) is 4.39 Å². The second-order valence-corrected chi connectivity index (χ2v) is 6.09. The summed E-state index contributed by atoms with van der Waals surface area (Å²) in [5.41, 5.74) is 9.32. The summed E-state index contributed by atoms with van der Waals surface area (Å²) in [5.74, 6) is -0.346. The van der Waals surface area contributed by atoms with Gasteiger partial charge in [-0.1, -0.05) is 24.3 Å². The minimum absolute atomic E-state index is 0.0230. The Morgan fingerprint density at radius 2 is 2.00 bits per heavy atom. The highest BCUT2D eigenvalue weighted by Gasteiger charge is 2.21. The van der Waals surface area contributed by atoms with E-state index in [0.29, 0.717) is 17.7 Å². The Balaban J connectivity index is 1.92. The number of benzene rings is 2. The smallest absolute Gasteiger partial charge is 0.253 e. The number of amides is 1. The van der Waals surface area contributed by atoms with Crippen LogP contribution in [0, 0.1) is 17.1 Å². The van der Waals surface area contributed by atoms with E-state index in [0.717, 1.165) is 23.1 Å². The number of nitriles is 1. The van der Waals surface area contributed by atoms with Crippen LogP contribution in [0.1, 0.15) is 21.5 Å². The molecule has 0 saturated heterocycles. The van der Waals surface area contributed by atoms with E-state index in [4.69, 9.17) is 11.0 Å². The molecule has 0 fully saturated rings. The molecule has 0 aromatic heterocycles. The predicted molar refractivity (Wildman–Crippen MR) is 89.8 cm³/mol. The van der Waals surface area contributed by atoms with Gasteiger partial charge < -0.3 is 10.6 Å². The van der Waals surface area contributed by atoms with Crippen molar-refractivity contribution in [3.05, 3.63) is 58.9 Å². The van der Waals surface area contributed by atoms with Gasteiger partial charge in [-0.05, 0) is 40.8 Å². The van der Waals surface area contributed by atoms with Crippen molar-refractivity contribution in [3.8, 4) is 17.2 Å². The molecule has 122 valence electrons. The molecule has 2 aromatic rings. The number of carbonyl (C=O) groups is 1. The van der Waals surface area contributed by atoms with Crippen molar-refractivity contribution in [2.75, 3.05) is 13.6 Å². The van der Waals surface area contributed by atoms with Crippen LogP contribution in [0.4, 0.5) is 4.39 Å². The molecular weight excluding hydrogens is 305 g/mol. The molecule has 2 N–H and O–H groups in total.